The Morgan fingerprint density at radius 2 is 2.00 bits per heavy atom. The first kappa shape index (κ1) is 23.1. The first-order valence-corrected chi connectivity index (χ1v) is 10.5. The third-order valence-corrected chi connectivity index (χ3v) is 5.97. The lowest BCUT2D eigenvalue weighted by Gasteiger charge is -2.22. The van der Waals surface area contributed by atoms with E-state index in [2.05, 4.69) is 20.3 Å². The fourth-order valence-corrected chi connectivity index (χ4v) is 4.24. The number of aliphatic hydroxyl groups is 2. The van der Waals surface area contributed by atoms with Crippen molar-refractivity contribution in [2.24, 2.45) is 4.99 Å². The number of fused-ring (bicyclic) bond motifs is 1. The third kappa shape index (κ3) is 4.55. The zero-order valence-electron chi connectivity index (χ0n) is 18.1. The van der Waals surface area contributed by atoms with Gasteiger partial charge in [-0.3, -0.25) is 9.79 Å². The molecule has 1 aliphatic heterocycles. The number of alkyl halides is 3. The average molecular weight is 463 g/mol. The highest BCUT2D eigenvalue weighted by Gasteiger charge is 2.37. The number of carbonyl (C=O) groups is 1. The van der Waals surface area contributed by atoms with Crippen LogP contribution in [0.3, 0.4) is 0 Å². The molecular weight excluding hydrogens is 439 g/mol. The zero-order chi connectivity index (χ0) is 23.9. The Kier molecular flexibility index (Phi) is 6.10. The number of aliphatic imine (C=N–C) groups is 1. The van der Waals surface area contributed by atoms with Gasteiger partial charge >= 0.3 is 6.18 Å². The topological polar surface area (TPSA) is 111 Å². The number of anilines is 1. The highest BCUT2D eigenvalue weighted by molar-refractivity contribution is 6.47. The van der Waals surface area contributed by atoms with Crippen LogP contribution in [0.5, 0.6) is 0 Å². The van der Waals surface area contributed by atoms with Gasteiger partial charge in [0, 0.05) is 13.6 Å². The summed E-state index contributed by atoms with van der Waals surface area (Å²) >= 11 is 0. The van der Waals surface area contributed by atoms with Gasteiger partial charge < -0.3 is 20.4 Å². The maximum atomic E-state index is 13.4. The molecule has 1 saturated carbocycles. The van der Waals surface area contributed by atoms with Gasteiger partial charge in [0.25, 0.3) is 5.91 Å². The molecule has 1 aromatic carbocycles. The van der Waals surface area contributed by atoms with Gasteiger partial charge in [-0.25, -0.2) is 9.97 Å². The van der Waals surface area contributed by atoms with Crippen LogP contribution < -0.4 is 5.32 Å². The minimum absolute atomic E-state index is 0.0112. The minimum Gasteiger partial charge on any atom is -0.390 e. The Hall–Kier alpha value is -3.05. The van der Waals surface area contributed by atoms with Gasteiger partial charge in [-0.2, -0.15) is 13.2 Å². The molecule has 2 aliphatic rings. The molecule has 0 bridgehead atoms. The van der Waals surface area contributed by atoms with Crippen molar-refractivity contribution in [1.29, 1.82) is 0 Å². The van der Waals surface area contributed by atoms with Crippen LogP contribution in [0.25, 0.3) is 0 Å². The summed E-state index contributed by atoms with van der Waals surface area (Å²) in [4.78, 5) is 27.0. The molecule has 4 rings (SSSR count). The number of halogens is 3. The van der Waals surface area contributed by atoms with Crippen molar-refractivity contribution in [3.63, 3.8) is 0 Å². The summed E-state index contributed by atoms with van der Waals surface area (Å²) in [7, 11) is 1.42. The second-order valence-electron chi connectivity index (χ2n) is 8.41. The maximum absolute atomic E-state index is 13.4. The van der Waals surface area contributed by atoms with Crippen molar-refractivity contribution in [1.82, 2.24) is 14.9 Å². The van der Waals surface area contributed by atoms with Crippen molar-refractivity contribution in [2.75, 3.05) is 12.4 Å². The molecule has 11 heteroatoms. The lowest BCUT2D eigenvalue weighted by atomic mass is 10.0. The number of hydrogen-bond acceptors (Lipinski definition) is 7. The first-order valence-electron chi connectivity index (χ1n) is 10.5. The Bertz CT molecular complexity index is 1110. The SMILES string of the molecule is Cc1ccc(C(F)(F)F)c(CN(C)C(=O)C2=NCc3ncnc(N[C@@H]4CC[C@@H](O)[C@H]4O)c32)c1. The van der Waals surface area contributed by atoms with E-state index < -0.39 is 35.9 Å². The molecule has 0 spiro atoms. The summed E-state index contributed by atoms with van der Waals surface area (Å²) in [5, 5.41) is 23.0. The molecule has 2 aromatic rings. The van der Waals surface area contributed by atoms with Crippen LogP contribution in [0.1, 0.15) is 40.8 Å². The average Bonchev–Trinajstić information content (AvgIpc) is 3.32. The molecule has 0 unspecified atom stereocenters. The predicted molar refractivity (Wildman–Crippen MR) is 114 cm³/mol. The van der Waals surface area contributed by atoms with Crippen LogP contribution >= 0.6 is 0 Å². The van der Waals surface area contributed by atoms with Gasteiger partial charge in [-0.05, 0) is 31.4 Å². The fourth-order valence-electron chi connectivity index (χ4n) is 4.24. The number of benzene rings is 1. The summed E-state index contributed by atoms with van der Waals surface area (Å²) in [5.74, 6) is -0.268. The third-order valence-electron chi connectivity index (χ3n) is 5.97. The fraction of sp³-hybridized carbons (Fsp3) is 0.455. The van der Waals surface area contributed by atoms with E-state index in [1.165, 1.54) is 30.4 Å². The Morgan fingerprint density at radius 1 is 1.24 bits per heavy atom. The number of nitrogens with one attached hydrogen (secondary N) is 1. The van der Waals surface area contributed by atoms with Crippen molar-refractivity contribution in [3.05, 3.63) is 52.5 Å². The number of carbonyl (C=O) groups excluding carboxylic acids is 1. The van der Waals surface area contributed by atoms with Crippen molar-refractivity contribution in [3.8, 4) is 0 Å². The number of rotatable bonds is 5. The molecule has 3 atom stereocenters. The number of aromatic nitrogens is 2. The van der Waals surface area contributed by atoms with E-state index in [-0.39, 0.29) is 24.4 Å². The quantitative estimate of drug-likeness (QED) is 0.626. The first-order chi connectivity index (χ1) is 15.6. The number of nitrogens with zero attached hydrogens (tertiary/aromatic N) is 4. The van der Waals surface area contributed by atoms with E-state index in [1.807, 2.05) is 0 Å². The van der Waals surface area contributed by atoms with E-state index in [1.54, 1.807) is 6.92 Å². The highest BCUT2D eigenvalue weighted by atomic mass is 19.4. The summed E-state index contributed by atoms with van der Waals surface area (Å²) in [6, 6.07) is 3.35. The lowest BCUT2D eigenvalue weighted by molar-refractivity contribution is -0.139. The van der Waals surface area contributed by atoms with Crippen LogP contribution in [-0.2, 0) is 24.1 Å². The van der Waals surface area contributed by atoms with Crippen LogP contribution in [0, 0.1) is 6.92 Å². The molecule has 3 N–H and O–H groups in total. The highest BCUT2D eigenvalue weighted by Crippen LogP contribution is 2.33. The molecule has 1 aromatic heterocycles. The van der Waals surface area contributed by atoms with Crippen LogP contribution in [0.2, 0.25) is 0 Å². The number of hydrogen-bond donors (Lipinski definition) is 3. The zero-order valence-corrected chi connectivity index (χ0v) is 18.1. The molecule has 8 nitrogen and oxygen atoms in total. The lowest BCUT2D eigenvalue weighted by Crippen LogP contribution is -2.36. The summed E-state index contributed by atoms with van der Waals surface area (Å²) in [6.07, 6.45) is -4.13. The van der Waals surface area contributed by atoms with E-state index in [0.717, 1.165) is 6.07 Å². The predicted octanol–water partition coefficient (Wildman–Crippen LogP) is 2.06. The maximum Gasteiger partial charge on any atom is 0.416 e. The second kappa shape index (κ2) is 8.71. The Morgan fingerprint density at radius 3 is 2.67 bits per heavy atom. The largest absolute Gasteiger partial charge is 0.416 e. The molecule has 1 amide bonds. The Balaban J connectivity index is 1.58. The monoisotopic (exact) mass is 463 g/mol. The van der Waals surface area contributed by atoms with Gasteiger partial charge in [-0.1, -0.05) is 17.7 Å². The summed E-state index contributed by atoms with van der Waals surface area (Å²) in [5.41, 5.74) is 0.764. The van der Waals surface area contributed by atoms with Gasteiger partial charge in [0.05, 0.1) is 41.6 Å². The number of aryl methyl sites for hydroxylation is 1. The molecule has 176 valence electrons. The van der Waals surface area contributed by atoms with Gasteiger partial charge in [0.15, 0.2) is 0 Å². The van der Waals surface area contributed by atoms with E-state index in [4.69, 9.17) is 0 Å². The van der Waals surface area contributed by atoms with E-state index in [0.29, 0.717) is 35.5 Å². The molecule has 1 aliphatic carbocycles. The number of aliphatic hydroxyl groups excluding tert-OH is 2. The van der Waals surface area contributed by atoms with Crippen LogP contribution in [-0.4, -0.2) is 62.0 Å². The molecular formula is C22H24F3N5O3. The van der Waals surface area contributed by atoms with Crippen molar-refractivity contribution < 1.29 is 28.2 Å². The smallest absolute Gasteiger partial charge is 0.390 e. The van der Waals surface area contributed by atoms with Crippen LogP contribution in [0.4, 0.5) is 19.0 Å². The number of likely N-dealkylation sites (N-methyl/N-ethyl adjacent to an activating group) is 1. The Labute approximate surface area is 188 Å². The van der Waals surface area contributed by atoms with Gasteiger partial charge in [0.2, 0.25) is 0 Å². The molecule has 2 heterocycles. The van der Waals surface area contributed by atoms with Crippen molar-refractivity contribution in [2.45, 2.75) is 57.3 Å². The second-order valence-corrected chi connectivity index (χ2v) is 8.41. The summed E-state index contributed by atoms with van der Waals surface area (Å²) < 4.78 is 40.3. The number of amides is 1. The van der Waals surface area contributed by atoms with E-state index in [9.17, 15) is 28.2 Å². The normalized spacial score (nSPS) is 22.2. The van der Waals surface area contributed by atoms with Crippen LogP contribution in [0.15, 0.2) is 29.5 Å². The standard InChI is InChI=1S/C22H24F3N5O3/c1-11-3-4-13(22(23,24)25)12(7-11)9-30(2)21(33)18-17-15(8-26-18)27-10-28-20(17)29-14-5-6-16(31)19(14)32/h3-4,7,10,14,16,19,31-32H,5-6,8-9H2,1-2H3,(H,27,28,29)/t14-,16-,19+/m1/s1. The van der Waals surface area contributed by atoms with Crippen molar-refractivity contribution >= 4 is 17.4 Å². The molecule has 33 heavy (non-hydrogen) atoms. The minimum atomic E-state index is -4.54. The molecule has 1 fully saturated rings. The molecule has 0 radical (unpaired) electrons. The summed E-state index contributed by atoms with van der Waals surface area (Å²) in [6.45, 7) is 1.57. The van der Waals surface area contributed by atoms with Gasteiger partial charge in [-0.15, -0.1) is 0 Å². The van der Waals surface area contributed by atoms with E-state index >= 15 is 0 Å². The molecule has 0 saturated heterocycles. The van der Waals surface area contributed by atoms with Gasteiger partial charge in [0.1, 0.15) is 17.9 Å².